The summed E-state index contributed by atoms with van der Waals surface area (Å²) in [5.74, 6) is -0.00412. The van der Waals surface area contributed by atoms with Crippen molar-refractivity contribution in [3.05, 3.63) is 64.1 Å². The molecule has 3 rings (SSSR count). The second-order valence-electron chi connectivity index (χ2n) is 5.93. The van der Waals surface area contributed by atoms with E-state index in [0.29, 0.717) is 23.1 Å². The van der Waals surface area contributed by atoms with Gasteiger partial charge in [-0.2, -0.15) is 0 Å². The Morgan fingerprint density at radius 2 is 1.72 bits per heavy atom. The van der Waals surface area contributed by atoms with Crippen molar-refractivity contribution in [2.45, 2.75) is 6.10 Å². The van der Waals surface area contributed by atoms with Gasteiger partial charge >= 0.3 is 0 Å². The second-order valence-corrected chi connectivity index (χ2v) is 6.78. The van der Waals surface area contributed by atoms with Crippen molar-refractivity contribution in [2.24, 2.45) is 0 Å². The van der Waals surface area contributed by atoms with Crippen LogP contribution in [0.5, 0.6) is 0 Å². The van der Waals surface area contributed by atoms with Crippen molar-refractivity contribution in [2.75, 3.05) is 38.2 Å². The van der Waals surface area contributed by atoms with Gasteiger partial charge in [-0.3, -0.25) is 4.79 Å². The van der Waals surface area contributed by atoms with Crippen molar-refractivity contribution in [3.8, 4) is 0 Å². The van der Waals surface area contributed by atoms with Gasteiger partial charge in [-0.25, -0.2) is 0 Å². The van der Waals surface area contributed by atoms with Gasteiger partial charge in [0.05, 0.1) is 10.7 Å². The minimum absolute atomic E-state index is 0.00412. The van der Waals surface area contributed by atoms with E-state index in [1.807, 2.05) is 47.4 Å². The van der Waals surface area contributed by atoms with Gasteiger partial charge in [-0.15, -0.1) is 0 Å². The number of nitrogens with zero attached hydrogens (tertiary/aromatic N) is 2. The number of carbonyl (C=O) groups is 1. The summed E-state index contributed by atoms with van der Waals surface area (Å²) >= 11 is 12.2. The molecule has 1 atom stereocenters. The minimum Gasteiger partial charge on any atom is -0.367 e. The number of amides is 1. The van der Waals surface area contributed by atoms with Crippen LogP contribution in [-0.2, 0) is 9.53 Å². The fraction of sp³-hybridized carbons (Fsp3) is 0.316. The molecule has 25 heavy (non-hydrogen) atoms. The maximum absolute atomic E-state index is 12.8. The molecule has 6 heteroatoms. The number of carbonyl (C=O) groups excluding carboxylic acids is 1. The zero-order chi connectivity index (χ0) is 17.8. The van der Waals surface area contributed by atoms with Crippen LogP contribution in [0.4, 0.5) is 5.69 Å². The monoisotopic (exact) mass is 378 g/mol. The molecular weight excluding hydrogens is 359 g/mol. The van der Waals surface area contributed by atoms with Crippen LogP contribution in [0.3, 0.4) is 0 Å². The lowest BCUT2D eigenvalue weighted by Gasteiger charge is -2.37. The van der Waals surface area contributed by atoms with Gasteiger partial charge in [0, 0.05) is 38.3 Å². The highest BCUT2D eigenvalue weighted by atomic mass is 35.5. The first-order valence-corrected chi connectivity index (χ1v) is 8.92. The Labute approximate surface area is 157 Å². The van der Waals surface area contributed by atoms with E-state index >= 15 is 0 Å². The Bertz CT molecular complexity index is 731. The number of benzene rings is 2. The van der Waals surface area contributed by atoms with Crippen LogP contribution in [0, 0.1) is 0 Å². The summed E-state index contributed by atoms with van der Waals surface area (Å²) in [6.07, 6.45) is -0.563. The van der Waals surface area contributed by atoms with E-state index in [4.69, 9.17) is 27.9 Å². The van der Waals surface area contributed by atoms with E-state index in [2.05, 4.69) is 4.90 Å². The van der Waals surface area contributed by atoms with Crippen molar-refractivity contribution in [1.29, 1.82) is 0 Å². The Morgan fingerprint density at radius 3 is 2.32 bits per heavy atom. The molecule has 2 aromatic carbocycles. The average Bonchev–Trinajstić information content (AvgIpc) is 2.63. The second kappa shape index (κ2) is 8.09. The van der Waals surface area contributed by atoms with Crippen molar-refractivity contribution in [3.63, 3.8) is 0 Å². The maximum atomic E-state index is 12.8. The highest BCUT2D eigenvalue weighted by molar-refractivity contribution is 6.36. The Hall–Kier alpha value is -1.75. The highest BCUT2D eigenvalue weighted by Gasteiger charge is 2.29. The topological polar surface area (TPSA) is 32.8 Å². The molecule has 1 aliphatic heterocycles. The number of rotatable bonds is 4. The number of halogens is 2. The quantitative estimate of drug-likeness (QED) is 0.804. The molecule has 0 radical (unpaired) electrons. The van der Waals surface area contributed by atoms with Gasteiger partial charge in [0.15, 0.2) is 6.10 Å². The third kappa shape index (κ3) is 4.09. The van der Waals surface area contributed by atoms with Crippen LogP contribution in [-0.4, -0.2) is 44.1 Å². The van der Waals surface area contributed by atoms with Crippen molar-refractivity contribution in [1.82, 2.24) is 4.90 Å². The molecule has 0 N–H and O–H groups in total. The lowest BCUT2D eigenvalue weighted by atomic mass is 10.1. The summed E-state index contributed by atoms with van der Waals surface area (Å²) < 4.78 is 5.45. The van der Waals surface area contributed by atoms with Crippen LogP contribution >= 0.6 is 23.2 Å². The molecule has 132 valence electrons. The molecule has 0 spiro atoms. The Balaban J connectivity index is 1.66. The van der Waals surface area contributed by atoms with E-state index in [9.17, 15) is 4.79 Å². The number of hydrogen-bond donors (Lipinski definition) is 0. The molecule has 0 unspecified atom stereocenters. The first kappa shape index (κ1) is 18.1. The van der Waals surface area contributed by atoms with E-state index in [1.54, 1.807) is 13.2 Å². The number of methoxy groups -OCH3 is 1. The summed E-state index contributed by atoms with van der Waals surface area (Å²) in [6.45, 7) is 2.70. The predicted octanol–water partition coefficient (Wildman–Crippen LogP) is 4.03. The molecule has 4 nitrogen and oxygen atoms in total. The smallest absolute Gasteiger partial charge is 0.256 e. The van der Waals surface area contributed by atoms with E-state index in [1.165, 1.54) is 0 Å². The third-order valence-corrected chi connectivity index (χ3v) is 4.94. The van der Waals surface area contributed by atoms with Crippen molar-refractivity contribution >= 4 is 34.8 Å². The van der Waals surface area contributed by atoms with Gasteiger partial charge in [-0.05, 0) is 23.8 Å². The van der Waals surface area contributed by atoms with Gasteiger partial charge in [0.25, 0.3) is 5.91 Å². The fourth-order valence-corrected chi connectivity index (χ4v) is 3.61. The molecule has 0 bridgehead atoms. The third-order valence-electron chi connectivity index (χ3n) is 4.40. The standard InChI is InChI=1S/C19H20Cl2N2O2/c1-25-18(14-5-3-2-4-6-14)19(24)23-11-9-22(10-12-23)17-8-7-15(20)13-16(17)21/h2-8,13,18H,9-12H2,1H3/t18-/m1/s1. The molecule has 1 amide bonds. The predicted molar refractivity (Wildman–Crippen MR) is 101 cm³/mol. The molecule has 0 aliphatic carbocycles. The number of hydrogen-bond acceptors (Lipinski definition) is 3. The summed E-state index contributed by atoms with van der Waals surface area (Å²) in [6, 6.07) is 15.1. The normalized spacial score (nSPS) is 16.0. The summed E-state index contributed by atoms with van der Waals surface area (Å²) in [4.78, 5) is 16.8. The van der Waals surface area contributed by atoms with E-state index < -0.39 is 6.10 Å². The van der Waals surface area contributed by atoms with Gasteiger partial charge in [-0.1, -0.05) is 53.5 Å². The number of ether oxygens (including phenoxy) is 1. The molecule has 2 aromatic rings. The molecule has 1 saturated heterocycles. The maximum Gasteiger partial charge on any atom is 0.256 e. The van der Waals surface area contributed by atoms with Crippen LogP contribution in [0.25, 0.3) is 0 Å². The first-order chi connectivity index (χ1) is 12.1. The summed E-state index contributed by atoms with van der Waals surface area (Å²) in [7, 11) is 1.57. The Morgan fingerprint density at radius 1 is 1.04 bits per heavy atom. The van der Waals surface area contributed by atoms with Gasteiger partial charge in [0.1, 0.15) is 0 Å². The molecule has 1 heterocycles. The Kier molecular flexibility index (Phi) is 5.84. The van der Waals surface area contributed by atoms with Gasteiger partial charge < -0.3 is 14.5 Å². The molecular formula is C19H20Cl2N2O2. The number of piperazine rings is 1. The molecule has 1 fully saturated rings. The molecule has 1 aliphatic rings. The zero-order valence-electron chi connectivity index (χ0n) is 14.0. The first-order valence-electron chi connectivity index (χ1n) is 8.16. The molecule has 0 saturated carbocycles. The van der Waals surface area contributed by atoms with Crippen LogP contribution in [0.1, 0.15) is 11.7 Å². The minimum atomic E-state index is -0.563. The lowest BCUT2D eigenvalue weighted by molar-refractivity contribution is -0.142. The highest BCUT2D eigenvalue weighted by Crippen LogP contribution is 2.30. The summed E-state index contributed by atoms with van der Waals surface area (Å²) in [5.41, 5.74) is 1.82. The fourth-order valence-electron chi connectivity index (χ4n) is 3.08. The SMILES string of the molecule is CO[C@@H](C(=O)N1CCN(c2ccc(Cl)cc2Cl)CC1)c1ccccc1. The summed E-state index contributed by atoms with van der Waals surface area (Å²) in [5, 5.41) is 1.25. The van der Waals surface area contributed by atoms with Crippen LogP contribution < -0.4 is 4.90 Å². The zero-order valence-corrected chi connectivity index (χ0v) is 15.5. The van der Waals surface area contributed by atoms with Crippen molar-refractivity contribution < 1.29 is 9.53 Å². The largest absolute Gasteiger partial charge is 0.367 e. The van der Waals surface area contributed by atoms with Gasteiger partial charge in [0.2, 0.25) is 0 Å². The van der Waals surface area contributed by atoms with Crippen LogP contribution in [0.2, 0.25) is 10.0 Å². The molecule has 0 aromatic heterocycles. The van der Waals surface area contributed by atoms with Crippen LogP contribution in [0.15, 0.2) is 48.5 Å². The lowest BCUT2D eigenvalue weighted by Crippen LogP contribution is -2.50. The number of anilines is 1. The van der Waals surface area contributed by atoms with E-state index in [-0.39, 0.29) is 5.91 Å². The average molecular weight is 379 g/mol. The van der Waals surface area contributed by atoms with E-state index in [0.717, 1.165) is 24.3 Å².